The summed E-state index contributed by atoms with van der Waals surface area (Å²) in [4.78, 5) is 38.1. The first-order chi connectivity index (χ1) is 16.6. The molecule has 0 unspecified atom stereocenters. The van der Waals surface area contributed by atoms with Gasteiger partial charge in [0.15, 0.2) is 0 Å². The van der Waals surface area contributed by atoms with E-state index in [-0.39, 0.29) is 28.3 Å². The van der Waals surface area contributed by atoms with Crippen molar-refractivity contribution in [2.45, 2.75) is 4.90 Å². The molecule has 0 aliphatic carbocycles. The molecule has 0 saturated carbocycles. The third-order valence-electron chi connectivity index (χ3n) is 4.92. The van der Waals surface area contributed by atoms with Crippen LogP contribution in [0.1, 0.15) is 10.4 Å². The summed E-state index contributed by atoms with van der Waals surface area (Å²) < 4.78 is 47.2. The minimum atomic E-state index is -4.62. The number of nitrogens with one attached hydrogen (secondary N) is 2. The zero-order valence-electron chi connectivity index (χ0n) is 17.5. The van der Waals surface area contributed by atoms with Crippen molar-refractivity contribution in [3.05, 3.63) is 94.9 Å². The van der Waals surface area contributed by atoms with Crippen LogP contribution in [0.4, 0.5) is 21.5 Å². The molecule has 0 aromatic heterocycles. The Kier molecular flexibility index (Phi) is 6.39. The maximum Gasteiger partial charge on any atom is 0.283 e. The van der Waals surface area contributed by atoms with Crippen LogP contribution in [0.25, 0.3) is 0 Å². The lowest BCUT2D eigenvalue weighted by molar-refractivity contribution is -0.120. The minimum absolute atomic E-state index is 0.148. The highest BCUT2D eigenvalue weighted by Gasteiger charge is 2.40. The van der Waals surface area contributed by atoms with E-state index in [0.717, 1.165) is 18.2 Å². The van der Waals surface area contributed by atoms with Gasteiger partial charge < -0.3 is 15.2 Å². The monoisotopic (exact) mass is 514 g/mol. The van der Waals surface area contributed by atoms with E-state index in [2.05, 4.69) is 10.6 Å². The topological polar surface area (TPSA) is 136 Å². The van der Waals surface area contributed by atoms with Crippen LogP contribution in [0.3, 0.4) is 0 Å². The van der Waals surface area contributed by atoms with Gasteiger partial charge in [0.05, 0.1) is 10.6 Å². The van der Waals surface area contributed by atoms with Gasteiger partial charge in [0.2, 0.25) is 0 Å². The van der Waals surface area contributed by atoms with Crippen LogP contribution in [0.5, 0.6) is 0 Å². The van der Waals surface area contributed by atoms with Crippen molar-refractivity contribution in [2.75, 3.05) is 15.5 Å². The lowest BCUT2D eigenvalue weighted by Gasteiger charge is -2.15. The summed E-state index contributed by atoms with van der Waals surface area (Å²) in [5.74, 6) is -3.12. The summed E-state index contributed by atoms with van der Waals surface area (Å²) in [5, 5.41) is 4.81. The van der Waals surface area contributed by atoms with E-state index in [0.29, 0.717) is 4.90 Å². The van der Waals surface area contributed by atoms with E-state index >= 15 is 0 Å². The Bertz CT molecular complexity index is 1510. The van der Waals surface area contributed by atoms with Crippen molar-refractivity contribution in [2.24, 2.45) is 0 Å². The molecule has 178 valence electrons. The van der Waals surface area contributed by atoms with Crippen molar-refractivity contribution in [3.8, 4) is 0 Å². The average molecular weight is 515 g/mol. The molecule has 1 aliphatic heterocycles. The Morgan fingerprint density at radius 2 is 1.60 bits per heavy atom. The van der Waals surface area contributed by atoms with Crippen LogP contribution in [0.15, 0.2) is 88.4 Å². The van der Waals surface area contributed by atoms with Gasteiger partial charge in [-0.25, -0.2) is 17.7 Å². The average Bonchev–Trinajstić information content (AvgIpc) is 3.02. The van der Waals surface area contributed by atoms with Crippen molar-refractivity contribution in [3.63, 3.8) is 0 Å². The lowest BCUT2D eigenvalue weighted by Crippen LogP contribution is -2.33. The number of amides is 3. The summed E-state index contributed by atoms with van der Waals surface area (Å²) in [7, 11) is -4.62. The number of hydrogen-bond acceptors (Lipinski definition) is 7. The number of imide groups is 1. The smallest absolute Gasteiger partial charge is 0.283 e. The Balaban J connectivity index is 1.52. The van der Waals surface area contributed by atoms with Gasteiger partial charge in [0.1, 0.15) is 26.7 Å². The number of nitrogens with zero attached hydrogens (tertiary/aromatic N) is 1. The number of carbonyl (C=O) groups excluding carboxylic acids is 3. The molecule has 0 bridgehead atoms. The molecule has 4 rings (SSSR count). The molecule has 3 aromatic rings. The van der Waals surface area contributed by atoms with Gasteiger partial charge in [-0.15, -0.1) is 0 Å². The molecule has 12 heteroatoms. The SMILES string of the molecule is O=C(Nc1ccc(S(=O)(=O)[O-])cc1)c1cccc(NC2=C(Cl)C(=O)N(c3ccccc3F)C2=O)c1. The van der Waals surface area contributed by atoms with Crippen molar-refractivity contribution < 1.29 is 31.7 Å². The fraction of sp³-hybridized carbons (Fsp3) is 0. The highest BCUT2D eigenvalue weighted by Crippen LogP contribution is 2.31. The molecule has 3 amide bonds. The number of carbonyl (C=O) groups is 3. The van der Waals surface area contributed by atoms with Gasteiger partial charge in [-0.2, -0.15) is 0 Å². The molecule has 1 aliphatic rings. The molecule has 0 fully saturated rings. The molecular formula is C23H14ClFN3O6S-. The second kappa shape index (κ2) is 9.29. The zero-order chi connectivity index (χ0) is 25.3. The summed E-state index contributed by atoms with van der Waals surface area (Å²) in [5.41, 5.74) is 0.0991. The van der Waals surface area contributed by atoms with Crippen LogP contribution >= 0.6 is 11.6 Å². The second-order valence-electron chi connectivity index (χ2n) is 7.22. The van der Waals surface area contributed by atoms with Gasteiger partial charge in [0.25, 0.3) is 17.7 Å². The summed E-state index contributed by atoms with van der Waals surface area (Å²) in [6, 6.07) is 15.8. The first kappa shape index (κ1) is 24.1. The third kappa shape index (κ3) is 4.92. The first-order valence-electron chi connectivity index (χ1n) is 9.84. The number of halogens is 2. The fourth-order valence-corrected chi connectivity index (χ4v) is 3.94. The van der Waals surface area contributed by atoms with E-state index in [1.165, 1.54) is 54.6 Å². The van der Waals surface area contributed by atoms with Gasteiger partial charge in [-0.3, -0.25) is 14.4 Å². The highest BCUT2D eigenvalue weighted by molar-refractivity contribution is 7.85. The van der Waals surface area contributed by atoms with Crippen molar-refractivity contribution in [1.29, 1.82) is 0 Å². The summed E-state index contributed by atoms with van der Waals surface area (Å²) in [6.07, 6.45) is 0. The fourth-order valence-electron chi connectivity index (χ4n) is 3.25. The third-order valence-corrected chi connectivity index (χ3v) is 6.12. The van der Waals surface area contributed by atoms with Gasteiger partial charge in [0, 0.05) is 16.9 Å². The second-order valence-corrected chi connectivity index (χ2v) is 8.98. The molecule has 0 atom stereocenters. The largest absolute Gasteiger partial charge is 0.744 e. The van der Waals surface area contributed by atoms with E-state index in [1.807, 2.05) is 0 Å². The number of rotatable bonds is 6. The summed E-state index contributed by atoms with van der Waals surface area (Å²) in [6.45, 7) is 0. The lowest BCUT2D eigenvalue weighted by atomic mass is 10.1. The van der Waals surface area contributed by atoms with Crippen LogP contribution in [0, 0.1) is 5.82 Å². The van der Waals surface area contributed by atoms with Gasteiger partial charge >= 0.3 is 0 Å². The van der Waals surface area contributed by atoms with Gasteiger partial charge in [-0.1, -0.05) is 29.8 Å². The standard InChI is InChI=1S/C23H15ClFN3O6S/c24-19-20(23(31)28(22(19)30)18-7-2-1-6-17(18)25)26-15-5-3-4-13(12-15)21(29)27-14-8-10-16(11-9-14)35(32,33)34/h1-12,26H,(H,27,29)(H,32,33,34)/p-1. The Hall–Kier alpha value is -4.06. The minimum Gasteiger partial charge on any atom is -0.744 e. The Labute approximate surface area is 203 Å². The maximum atomic E-state index is 14.2. The van der Waals surface area contributed by atoms with Gasteiger partial charge in [-0.05, 0) is 54.6 Å². The summed E-state index contributed by atoms with van der Waals surface area (Å²) >= 11 is 6.06. The Morgan fingerprint density at radius 3 is 2.26 bits per heavy atom. The molecule has 0 radical (unpaired) electrons. The molecule has 35 heavy (non-hydrogen) atoms. The van der Waals surface area contributed by atoms with Crippen molar-refractivity contribution in [1.82, 2.24) is 0 Å². The van der Waals surface area contributed by atoms with E-state index in [9.17, 15) is 31.7 Å². The van der Waals surface area contributed by atoms with E-state index in [1.54, 1.807) is 0 Å². The van der Waals surface area contributed by atoms with Crippen LogP contribution in [-0.4, -0.2) is 30.7 Å². The van der Waals surface area contributed by atoms with Crippen molar-refractivity contribution >= 4 is 56.5 Å². The predicted molar refractivity (Wildman–Crippen MR) is 124 cm³/mol. The maximum absolute atomic E-state index is 14.2. The predicted octanol–water partition coefficient (Wildman–Crippen LogP) is 3.42. The zero-order valence-corrected chi connectivity index (χ0v) is 19.1. The molecule has 0 spiro atoms. The quantitative estimate of drug-likeness (QED) is 0.380. The molecule has 2 N–H and O–H groups in total. The molecule has 0 saturated heterocycles. The molecule has 9 nitrogen and oxygen atoms in total. The first-order valence-corrected chi connectivity index (χ1v) is 11.6. The number of benzene rings is 3. The highest BCUT2D eigenvalue weighted by atomic mass is 35.5. The van der Waals surface area contributed by atoms with Crippen LogP contribution in [0.2, 0.25) is 0 Å². The molecule has 1 heterocycles. The van der Waals surface area contributed by atoms with E-state index < -0.39 is 43.6 Å². The number of para-hydroxylation sites is 1. The number of anilines is 3. The van der Waals surface area contributed by atoms with Crippen LogP contribution < -0.4 is 15.5 Å². The number of hydrogen-bond donors (Lipinski definition) is 2. The molecule has 3 aromatic carbocycles. The molecular weight excluding hydrogens is 501 g/mol. The van der Waals surface area contributed by atoms with Crippen LogP contribution in [-0.2, 0) is 19.7 Å². The normalized spacial score (nSPS) is 13.9. The van der Waals surface area contributed by atoms with E-state index in [4.69, 9.17) is 11.6 Å². The Morgan fingerprint density at radius 1 is 0.914 bits per heavy atom.